The van der Waals surface area contributed by atoms with E-state index in [1.165, 1.54) is 6.42 Å². The zero-order valence-electron chi connectivity index (χ0n) is 11.5. The van der Waals surface area contributed by atoms with E-state index < -0.39 is 0 Å². The van der Waals surface area contributed by atoms with Gasteiger partial charge in [0.2, 0.25) is 11.7 Å². The first-order valence-corrected chi connectivity index (χ1v) is 6.95. The van der Waals surface area contributed by atoms with Crippen LogP contribution < -0.4 is 5.73 Å². The summed E-state index contributed by atoms with van der Waals surface area (Å²) in [5.74, 6) is 1.40. The van der Waals surface area contributed by atoms with E-state index in [9.17, 15) is 0 Å². The fourth-order valence-electron chi connectivity index (χ4n) is 1.85. The predicted octanol–water partition coefficient (Wildman–Crippen LogP) is 2.62. The molecule has 0 aromatic carbocycles. The van der Waals surface area contributed by atoms with Crippen molar-refractivity contribution >= 4 is 0 Å². The lowest BCUT2D eigenvalue weighted by atomic mass is 10.1. The van der Waals surface area contributed by atoms with Crippen molar-refractivity contribution in [1.29, 1.82) is 0 Å². The number of aryl methyl sites for hydroxylation is 1. The van der Waals surface area contributed by atoms with Crippen LogP contribution >= 0.6 is 0 Å². The second-order valence-electron chi connectivity index (χ2n) is 4.35. The Bertz CT molecular complexity index is 315. The van der Waals surface area contributed by atoms with E-state index in [4.69, 9.17) is 15.0 Å². The molecule has 1 atom stereocenters. The number of hydrogen-bond acceptors (Lipinski definition) is 5. The highest BCUT2D eigenvalue weighted by Gasteiger charge is 2.16. The summed E-state index contributed by atoms with van der Waals surface area (Å²) in [5, 5.41) is 3.99. The van der Waals surface area contributed by atoms with E-state index in [0.717, 1.165) is 44.5 Å². The normalized spacial score (nSPS) is 12.8. The van der Waals surface area contributed by atoms with Crippen LogP contribution in [0.5, 0.6) is 0 Å². The average molecular weight is 255 g/mol. The molecule has 0 saturated carbocycles. The fourth-order valence-corrected chi connectivity index (χ4v) is 1.85. The van der Waals surface area contributed by atoms with Gasteiger partial charge in [0.1, 0.15) is 6.10 Å². The molecule has 2 N–H and O–H groups in total. The molecular weight excluding hydrogens is 230 g/mol. The molecule has 5 heteroatoms. The quantitative estimate of drug-likeness (QED) is 0.650. The molecule has 0 radical (unpaired) electrons. The third-order valence-electron chi connectivity index (χ3n) is 2.86. The van der Waals surface area contributed by atoms with Crippen molar-refractivity contribution in [2.75, 3.05) is 13.2 Å². The zero-order chi connectivity index (χ0) is 13.2. The summed E-state index contributed by atoms with van der Waals surface area (Å²) >= 11 is 0. The second-order valence-corrected chi connectivity index (χ2v) is 4.35. The Morgan fingerprint density at radius 1 is 1.22 bits per heavy atom. The molecule has 0 aliphatic carbocycles. The molecule has 18 heavy (non-hydrogen) atoms. The molecule has 1 heterocycles. The molecule has 1 rings (SSSR count). The molecule has 0 fully saturated rings. The first kappa shape index (κ1) is 15.1. The maximum absolute atomic E-state index is 5.55. The van der Waals surface area contributed by atoms with Crippen molar-refractivity contribution in [2.45, 2.75) is 58.5 Å². The highest BCUT2D eigenvalue weighted by Crippen LogP contribution is 2.18. The SMILES string of the molecule is CCOC(CC)c1noc(CCCCCCN)n1. The summed E-state index contributed by atoms with van der Waals surface area (Å²) in [6.07, 6.45) is 6.18. The van der Waals surface area contributed by atoms with Crippen molar-refractivity contribution < 1.29 is 9.26 Å². The monoisotopic (exact) mass is 255 g/mol. The third kappa shape index (κ3) is 5.14. The van der Waals surface area contributed by atoms with Gasteiger partial charge in [-0.15, -0.1) is 0 Å². The minimum Gasteiger partial charge on any atom is -0.370 e. The molecule has 0 aliphatic heterocycles. The van der Waals surface area contributed by atoms with Gasteiger partial charge in [0, 0.05) is 13.0 Å². The number of hydrogen-bond donors (Lipinski definition) is 1. The predicted molar refractivity (Wildman–Crippen MR) is 70.2 cm³/mol. The van der Waals surface area contributed by atoms with E-state index in [1.54, 1.807) is 0 Å². The smallest absolute Gasteiger partial charge is 0.226 e. The minimum atomic E-state index is -0.0373. The van der Waals surface area contributed by atoms with Gasteiger partial charge in [-0.05, 0) is 32.7 Å². The summed E-state index contributed by atoms with van der Waals surface area (Å²) in [5.41, 5.74) is 5.45. The summed E-state index contributed by atoms with van der Waals surface area (Å²) in [7, 11) is 0. The highest BCUT2D eigenvalue weighted by atomic mass is 16.5. The van der Waals surface area contributed by atoms with Crippen LogP contribution in [0.25, 0.3) is 0 Å². The van der Waals surface area contributed by atoms with Gasteiger partial charge in [-0.2, -0.15) is 4.98 Å². The molecular formula is C13H25N3O2. The summed E-state index contributed by atoms with van der Waals surface area (Å²) in [4.78, 5) is 4.39. The van der Waals surface area contributed by atoms with Gasteiger partial charge in [0.25, 0.3) is 0 Å². The average Bonchev–Trinajstić information content (AvgIpc) is 2.84. The van der Waals surface area contributed by atoms with Gasteiger partial charge in [0.15, 0.2) is 0 Å². The van der Waals surface area contributed by atoms with Crippen molar-refractivity contribution in [3.63, 3.8) is 0 Å². The van der Waals surface area contributed by atoms with E-state index in [2.05, 4.69) is 17.1 Å². The van der Waals surface area contributed by atoms with Crippen LogP contribution in [0, 0.1) is 0 Å². The Morgan fingerprint density at radius 2 is 2.00 bits per heavy atom. The van der Waals surface area contributed by atoms with Crippen LogP contribution in [0.2, 0.25) is 0 Å². The number of unbranched alkanes of at least 4 members (excludes halogenated alkanes) is 3. The molecule has 5 nitrogen and oxygen atoms in total. The molecule has 1 aromatic heterocycles. The molecule has 1 unspecified atom stereocenters. The van der Waals surface area contributed by atoms with Crippen molar-refractivity contribution in [1.82, 2.24) is 10.1 Å². The summed E-state index contributed by atoms with van der Waals surface area (Å²) in [6, 6.07) is 0. The van der Waals surface area contributed by atoms with E-state index in [-0.39, 0.29) is 6.10 Å². The van der Waals surface area contributed by atoms with Crippen LogP contribution in [0.1, 0.15) is 63.8 Å². The number of rotatable bonds is 10. The first-order chi connectivity index (χ1) is 8.81. The molecule has 1 aromatic rings. The van der Waals surface area contributed by atoms with Gasteiger partial charge in [-0.25, -0.2) is 0 Å². The van der Waals surface area contributed by atoms with Crippen LogP contribution in [0.3, 0.4) is 0 Å². The van der Waals surface area contributed by atoms with Crippen molar-refractivity contribution in [3.8, 4) is 0 Å². The van der Waals surface area contributed by atoms with Gasteiger partial charge >= 0.3 is 0 Å². The lowest BCUT2D eigenvalue weighted by molar-refractivity contribution is 0.0518. The fraction of sp³-hybridized carbons (Fsp3) is 0.846. The van der Waals surface area contributed by atoms with Crippen LogP contribution in [-0.4, -0.2) is 23.3 Å². The van der Waals surface area contributed by atoms with E-state index in [1.807, 2.05) is 6.92 Å². The molecule has 0 amide bonds. The van der Waals surface area contributed by atoms with E-state index >= 15 is 0 Å². The molecule has 0 spiro atoms. The Labute approximate surface area is 109 Å². The third-order valence-corrected chi connectivity index (χ3v) is 2.86. The highest BCUT2D eigenvalue weighted by molar-refractivity contribution is 4.91. The van der Waals surface area contributed by atoms with Crippen molar-refractivity contribution in [3.05, 3.63) is 11.7 Å². The number of nitrogens with zero attached hydrogens (tertiary/aromatic N) is 2. The number of nitrogens with two attached hydrogens (primary N) is 1. The summed E-state index contributed by atoms with van der Waals surface area (Å²) in [6.45, 7) is 5.48. The lowest BCUT2D eigenvalue weighted by Gasteiger charge is -2.09. The van der Waals surface area contributed by atoms with E-state index in [0.29, 0.717) is 12.4 Å². The first-order valence-electron chi connectivity index (χ1n) is 6.95. The Kier molecular flexibility index (Phi) is 7.60. The molecule has 0 saturated heterocycles. The second kappa shape index (κ2) is 9.05. The maximum atomic E-state index is 5.55. The standard InChI is InChI=1S/C13H25N3O2/c1-3-11(17-4-2)13-15-12(18-16-13)9-7-5-6-8-10-14/h11H,3-10,14H2,1-2H3. The van der Waals surface area contributed by atoms with Gasteiger partial charge in [-0.3, -0.25) is 0 Å². The minimum absolute atomic E-state index is 0.0373. The summed E-state index contributed by atoms with van der Waals surface area (Å²) < 4.78 is 10.8. The van der Waals surface area contributed by atoms with Crippen LogP contribution in [0.4, 0.5) is 0 Å². The zero-order valence-corrected chi connectivity index (χ0v) is 11.5. The Balaban J connectivity index is 2.33. The van der Waals surface area contributed by atoms with Crippen molar-refractivity contribution in [2.24, 2.45) is 5.73 Å². The molecule has 104 valence electrons. The number of aromatic nitrogens is 2. The van der Waals surface area contributed by atoms with Crippen LogP contribution in [-0.2, 0) is 11.2 Å². The number of ether oxygens (including phenoxy) is 1. The maximum Gasteiger partial charge on any atom is 0.226 e. The lowest BCUT2D eigenvalue weighted by Crippen LogP contribution is -2.05. The molecule has 0 aliphatic rings. The van der Waals surface area contributed by atoms with Gasteiger partial charge in [-0.1, -0.05) is 24.9 Å². The van der Waals surface area contributed by atoms with Gasteiger partial charge < -0.3 is 15.0 Å². The Morgan fingerprint density at radius 3 is 2.67 bits per heavy atom. The topological polar surface area (TPSA) is 74.2 Å². The molecule has 0 bridgehead atoms. The van der Waals surface area contributed by atoms with Gasteiger partial charge in [0.05, 0.1) is 0 Å². The Hall–Kier alpha value is -0.940. The largest absolute Gasteiger partial charge is 0.370 e. The van der Waals surface area contributed by atoms with Crippen LogP contribution in [0.15, 0.2) is 4.52 Å².